The second-order valence-electron chi connectivity index (χ2n) is 6.53. The van der Waals surface area contributed by atoms with Crippen LogP contribution in [-0.2, 0) is 0 Å². The summed E-state index contributed by atoms with van der Waals surface area (Å²) in [5.41, 5.74) is 5.67. The van der Waals surface area contributed by atoms with Crippen molar-refractivity contribution in [1.29, 1.82) is 0 Å². The Balaban J connectivity index is 2.11. The highest BCUT2D eigenvalue weighted by molar-refractivity contribution is 6.44. The van der Waals surface area contributed by atoms with E-state index in [0.717, 1.165) is 11.1 Å². The largest absolute Gasteiger partial charge is 0.133 e. The van der Waals surface area contributed by atoms with Crippen molar-refractivity contribution in [2.45, 2.75) is 18.7 Å². The van der Waals surface area contributed by atoms with E-state index in [1.165, 1.54) is 38.2 Å². The molecule has 0 nitrogen and oxygen atoms in total. The summed E-state index contributed by atoms with van der Waals surface area (Å²) in [4.78, 5) is -0.552. The third-order valence-corrected chi connectivity index (χ3v) is 5.27. The first-order valence-electron chi connectivity index (χ1n) is 8.36. The molecule has 124 valence electrons. The molecule has 25 heavy (non-hydrogen) atoms. The minimum Gasteiger partial charge on any atom is -0.100 e. The molecule has 0 saturated carbocycles. The van der Waals surface area contributed by atoms with Gasteiger partial charge in [-0.2, -0.15) is 0 Å². The first-order chi connectivity index (χ1) is 12.1. The Morgan fingerprint density at radius 2 is 1.48 bits per heavy atom. The maximum absolute atomic E-state index is 6.31. The summed E-state index contributed by atoms with van der Waals surface area (Å²) in [5.74, 6) is 0. The van der Waals surface area contributed by atoms with Crippen LogP contribution < -0.4 is 0 Å². The molecule has 0 heterocycles. The number of hydrogen-bond acceptors (Lipinski definition) is 0. The van der Waals surface area contributed by atoms with Gasteiger partial charge in [-0.05, 0) is 57.6 Å². The van der Waals surface area contributed by atoms with Gasteiger partial charge in [0, 0.05) is 0 Å². The second-order valence-corrected chi connectivity index (χ2v) is 7.63. The van der Waals surface area contributed by atoms with Gasteiger partial charge in [0.25, 0.3) is 0 Å². The molecule has 0 atom stereocenters. The van der Waals surface area contributed by atoms with Gasteiger partial charge in [0.2, 0.25) is 0 Å². The van der Waals surface area contributed by atoms with Crippen molar-refractivity contribution in [2.75, 3.05) is 0 Å². The Kier molecular flexibility index (Phi) is 4.19. The molecule has 0 amide bonds. The zero-order valence-corrected chi connectivity index (χ0v) is 15.7. The number of hydrogen-bond donors (Lipinski definition) is 0. The standard InChI is InChI=1S/C23H18Cl2/c1-14-12-15(2)22(21(13-14)23(24)25)20-9-5-8-18-17-7-4-3-6-16(17)10-11-19(18)20/h3-13,23H,1-2H3. The number of alkyl halides is 2. The van der Waals surface area contributed by atoms with E-state index in [4.69, 9.17) is 23.2 Å². The van der Waals surface area contributed by atoms with E-state index in [1.54, 1.807) is 0 Å². The van der Waals surface area contributed by atoms with Gasteiger partial charge in [0.05, 0.1) is 0 Å². The average molecular weight is 365 g/mol. The Morgan fingerprint density at radius 1 is 0.720 bits per heavy atom. The summed E-state index contributed by atoms with van der Waals surface area (Å²) in [6.45, 7) is 4.20. The molecular formula is C23H18Cl2. The van der Waals surface area contributed by atoms with E-state index < -0.39 is 4.84 Å². The highest BCUT2D eigenvalue weighted by Crippen LogP contribution is 2.41. The molecule has 0 aliphatic rings. The van der Waals surface area contributed by atoms with Crippen molar-refractivity contribution in [3.8, 4) is 11.1 Å². The lowest BCUT2D eigenvalue weighted by atomic mass is 9.89. The Labute approximate surface area is 158 Å². The molecule has 4 rings (SSSR count). The van der Waals surface area contributed by atoms with E-state index >= 15 is 0 Å². The molecule has 0 spiro atoms. The fourth-order valence-corrected chi connectivity index (χ4v) is 4.14. The third kappa shape index (κ3) is 2.80. The zero-order chi connectivity index (χ0) is 17.6. The Hall–Kier alpha value is -2.02. The molecule has 0 N–H and O–H groups in total. The maximum atomic E-state index is 6.31. The highest BCUT2D eigenvalue weighted by atomic mass is 35.5. The van der Waals surface area contributed by atoms with Crippen molar-refractivity contribution in [3.05, 3.63) is 83.4 Å². The van der Waals surface area contributed by atoms with E-state index in [1.807, 2.05) is 0 Å². The molecule has 0 aliphatic heterocycles. The lowest BCUT2D eigenvalue weighted by molar-refractivity contribution is 1.27. The SMILES string of the molecule is Cc1cc(C)c(-c2cccc3c2ccc2ccccc23)c(C(Cl)Cl)c1. The van der Waals surface area contributed by atoms with Gasteiger partial charge in [-0.1, -0.05) is 72.3 Å². The molecule has 0 saturated heterocycles. The lowest BCUT2D eigenvalue weighted by Crippen LogP contribution is -1.95. The van der Waals surface area contributed by atoms with E-state index in [0.29, 0.717) is 0 Å². The van der Waals surface area contributed by atoms with Crippen LogP contribution in [0.4, 0.5) is 0 Å². The predicted molar refractivity (Wildman–Crippen MR) is 111 cm³/mol. The summed E-state index contributed by atoms with van der Waals surface area (Å²) in [5, 5.41) is 4.99. The maximum Gasteiger partial charge on any atom is 0.133 e. The molecule has 0 radical (unpaired) electrons. The minimum absolute atomic E-state index is 0.552. The molecule has 0 fully saturated rings. The summed E-state index contributed by atoms with van der Waals surface area (Å²) >= 11 is 12.6. The molecular weight excluding hydrogens is 347 g/mol. The quantitative estimate of drug-likeness (QED) is 0.252. The second kappa shape index (κ2) is 6.37. The molecule has 0 aliphatic carbocycles. The third-order valence-electron chi connectivity index (χ3n) is 4.80. The Bertz CT molecular complexity index is 1090. The normalized spacial score (nSPS) is 11.6. The summed E-state index contributed by atoms with van der Waals surface area (Å²) in [7, 11) is 0. The summed E-state index contributed by atoms with van der Waals surface area (Å²) < 4.78 is 0. The van der Waals surface area contributed by atoms with Crippen molar-refractivity contribution in [1.82, 2.24) is 0 Å². The van der Waals surface area contributed by atoms with E-state index in [9.17, 15) is 0 Å². The molecule has 4 aromatic rings. The van der Waals surface area contributed by atoms with Crippen molar-refractivity contribution < 1.29 is 0 Å². The van der Waals surface area contributed by atoms with Crippen LogP contribution in [0.3, 0.4) is 0 Å². The van der Waals surface area contributed by atoms with Gasteiger partial charge in [-0.3, -0.25) is 0 Å². The van der Waals surface area contributed by atoms with Crippen LogP contribution in [-0.4, -0.2) is 0 Å². The van der Waals surface area contributed by atoms with Gasteiger partial charge >= 0.3 is 0 Å². The predicted octanol–water partition coefficient (Wildman–Crippen LogP) is 7.75. The number of aryl methyl sites for hydroxylation is 2. The monoisotopic (exact) mass is 364 g/mol. The number of rotatable bonds is 2. The van der Waals surface area contributed by atoms with Gasteiger partial charge in [0.15, 0.2) is 0 Å². The van der Waals surface area contributed by atoms with Crippen LogP contribution in [0.25, 0.3) is 32.7 Å². The van der Waals surface area contributed by atoms with Crippen LogP contribution in [0.15, 0.2) is 66.7 Å². The van der Waals surface area contributed by atoms with Crippen LogP contribution in [0.2, 0.25) is 0 Å². The van der Waals surface area contributed by atoms with Crippen LogP contribution in [0.5, 0.6) is 0 Å². The molecule has 0 unspecified atom stereocenters. The van der Waals surface area contributed by atoms with Crippen LogP contribution in [0.1, 0.15) is 21.5 Å². The zero-order valence-electron chi connectivity index (χ0n) is 14.2. The average Bonchev–Trinajstić information content (AvgIpc) is 2.60. The van der Waals surface area contributed by atoms with E-state index in [-0.39, 0.29) is 0 Å². The van der Waals surface area contributed by atoms with Crippen LogP contribution in [0, 0.1) is 13.8 Å². The number of halogens is 2. The van der Waals surface area contributed by atoms with E-state index in [2.05, 4.69) is 80.6 Å². The minimum atomic E-state index is -0.552. The summed E-state index contributed by atoms with van der Waals surface area (Å²) in [6.07, 6.45) is 0. The molecule has 0 bridgehead atoms. The number of fused-ring (bicyclic) bond motifs is 3. The van der Waals surface area contributed by atoms with Gasteiger partial charge in [-0.15, -0.1) is 23.2 Å². The highest BCUT2D eigenvalue weighted by Gasteiger charge is 2.17. The first-order valence-corrected chi connectivity index (χ1v) is 9.23. The van der Waals surface area contributed by atoms with Gasteiger partial charge in [-0.25, -0.2) is 0 Å². The van der Waals surface area contributed by atoms with Gasteiger partial charge in [0.1, 0.15) is 4.84 Å². The molecule has 0 aromatic heterocycles. The van der Waals surface area contributed by atoms with Crippen molar-refractivity contribution in [2.24, 2.45) is 0 Å². The fourth-order valence-electron chi connectivity index (χ4n) is 3.80. The van der Waals surface area contributed by atoms with Crippen molar-refractivity contribution in [3.63, 3.8) is 0 Å². The lowest BCUT2D eigenvalue weighted by Gasteiger charge is -2.17. The smallest absolute Gasteiger partial charge is 0.100 e. The van der Waals surface area contributed by atoms with Gasteiger partial charge < -0.3 is 0 Å². The Morgan fingerprint density at radius 3 is 2.28 bits per heavy atom. The van der Waals surface area contributed by atoms with Crippen molar-refractivity contribution >= 4 is 44.7 Å². The first kappa shape index (κ1) is 16.4. The number of benzene rings is 4. The van der Waals surface area contributed by atoms with Crippen LogP contribution >= 0.6 is 23.2 Å². The molecule has 4 aromatic carbocycles. The fraction of sp³-hybridized carbons (Fsp3) is 0.130. The topological polar surface area (TPSA) is 0 Å². The molecule has 2 heteroatoms. The summed E-state index contributed by atoms with van der Waals surface area (Å²) in [6, 6.07) is 23.6.